The van der Waals surface area contributed by atoms with Crippen LogP contribution < -0.4 is 5.32 Å². The van der Waals surface area contributed by atoms with Crippen molar-refractivity contribution in [3.05, 3.63) is 69.3 Å². The van der Waals surface area contributed by atoms with Gasteiger partial charge in [0, 0.05) is 36.3 Å². The quantitative estimate of drug-likeness (QED) is 0.492. The number of aryl methyl sites for hydroxylation is 1. The highest BCUT2D eigenvalue weighted by Crippen LogP contribution is 2.27. The number of nitrogens with zero attached hydrogens (tertiary/aromatic N) is 4. The van der Waals surface area contributed by atoms with Gasteiger partial charge in [-0.3, -0.25) is 19.7 Å². The standard InChI is InChI=1S/C19H17N5O4S/c1-12-6-7-16(20-9-12)22-17(25)10-23(2)19(26)15-11-29-18(21-15)13-4-3-5-14(8-13)24(27)28/h3-9,11H,10H2,1-2H3,(H,20,22,25). The molecule has 1 aromatic carbocycles. The second-order valence-corrected chi connectivity index (χ2v) is 7.13. The third-order valence-electron chi connectivity index (χ3n) is 3.93. The molecule has 1 N–H and O–H groups in total. The summed E-state index contributed by atoms with van der Waals surface area (Å²) in [6.07, 6.45) is 1.63. The average Bonchev–Trinajstić information content (AvgIpc) is 3.19. The Morgan fingerprint density at radius 2 is 2.07 bits per heavy atom. The Kier molecular flexibility index (Phi) is 5.93. The van der Waals surface area contributed by atoms with Gasteiger partial charge in [0.15, 0.2) is 0 Å². The molecule has 0 unspecified atom stereocenters. The van der Waals surface area contributed by atoms with E-state index in [-0.39, 0.29) is 23.8 Å². The number of nitro groups is 1. The SMILES string of the molecule is Cc1ccc(NC(=O)CN(C)C(=O)c2csc(-c3cccc([N+](=O)[O-])c3)n2)nc1. The van der Waals surface area contributed by atoms with Crippen LogP contribution in [-0.2, 0) is 4.79 Å². The zero-order valence-corrected chi connectivity index (χ0v) is 16.5. The van der Waals surface area contributed by atoms with Gasteiger partial charge in [0.2, 0.25) is 5.91 Å². The Morgan fingerprint density at radius 3 is 2.76 bits per heavy atom. The number of aromatic nitrogens is 2. The normalized spacial score (nSPS) is 10.4. The first-order valence-corrected chi connectivity index (χ1v) is 9.40. The number of nitro benzene ring substituents is 1. The Morgan fingerprint density at radius 1 is 1.28 bits per heavy atom. The fraction of sp³-hybridized carbons (Fsp3) is 0.158. The van der Waals surface area contributed by atoms with Gasteiger partial charge in [-0.05, 0) is 18.6 Å². The fourth-order valence-electron chi connectivity index (χ4n) is 2.46. The van der Waals surface area contributed by atoms with Crippen molar-refractivity contribution >= 4 is 34.7 Å². The van der Waals surface area contributed by atoms with E-state index in [0.29, 0.717) is 16.4 Å². The van der Waals surface area contributed by atoms with Crippen LogP contribution in [0.25, 0.3) is 10.6 Å². The Bertz CT molecular complexity index is 1060. The van der Waals surface area contributed by atoms with Crippen LogP contribution in [0.2, 0.25) is 0 Å². The summed E-state index contributed by atoms with van der Waals surface area (Å²) in [7, 11) is 1.50. The third-order valence-corrected chi connectivity index (χ3v) is 4.82. The number of hydrogen-bond donors (Lipinski definition) is 1. The molecule has 9 nitrogen and oxygen atoms in total. The second-order valence-electron chi connectivity index (χ2n) is 6.28. The maximum Gasteiger partial charge on any atom is 0.273 e. The van der Waals surface area contributed by atoms with Gasteiger partial charge < -0.3 is 10.2 Å². The van der Waals surface area contributed by atoms with Crippen molar-refractivity contribution in [2.45, 2.75) is 6.92 Å². The highest BCUT2D eigenvalue weighted by molar-refractivity contribution is 7.13. The molecule has 0 spiro atoms. The second kappa shape index (κ2) is 8.57. The van der Waals surface area contributed by atoms with Crippen LogP contribution in [0.3, 0.4) is 0 Å². The first-order chi connectivity index (χ1) is 13.8. The highest BCUT2D eigenvalue weighted by atomic mass is 32.1. The summed E-state index contributed by atoms with van der Waals surface area (Å²) >= 11 is 1.20. The fourth-order valence-corrected chi connectivity index (χ4v) is 3.25. The summed E-state index contributed by atoms with van der Waals surface area (Å²) in [6, 6.07) is 9.54. The van der Waals surface area contributed by atoms with Crippen LogP contribution in [0.4, 0.5) is 11.5 Å². The largest absolute Gasteiger partial charge is 0.331 e. The smallest absolute Gasteiger partial charge is 0.273 e. The van der Waals surface area contributed by atoms with Crippen LogP contribution in [-0.4, -0.2) is 45.2 Å². The lowest BCUT2D eigenvalue weighted by Gasteiger charge is -2.15. The predicted octanol–water partition coefficient (Wildman–Crippen LogP) is 3.13. The molecule has 0 atom stereocenters. The van der Waals surface area contributed by atoms with Crippen molar-refractivity contribution in [2.75, 3.05) is 18.9 Å². The van der Waals surface area contributed by atoms with Gasteiger partial charge in [0.1, 0.15) is 16.5 Å². The lowest BCUT2D eigenvalue weighted by molar-refractivity contribution is -0.384. The summed E-state index contributed by atoms with van der Waals surface area (Å²) in [6.45, 7) is 1.72. The lowest BCUT2D eigenvalue weighted by Crippen LogP contribution is -2.35. The molecule has 29 heavy (non-hydrogen) atoms. The van der Waals surface area contributed by atoms with Crippen LogP contribution in [0.5, 0.6) is 0 Å². The molecule has 10 heteroatoms. The number of benzene rings is 1. The van der Waals surface area contributed by atoms with Crippen molar-refractivity contribution in [1.29, 1.82) is 0 Å². The number of nitrogens with one attached hydrogen (secondary N) is 1. The molecule has 2 aromatic heterocycles. The highest BCUT2D eigenvalue weighted by Gasteiger charge is 2.19. The van der Waals surface area contributed by atoms with Gasteiger partial charge in [-0.25, -0.2) is 9.97 Å². The molecule has 0 saturated heterocycles. The molecule has 0 aliphatic heterocycles. The number of amides is 2. The van der Waals surface area contributed by atoms with E-state index < -0.39 is 10.8 Å². The van der Waals surface area contributed by atoms with Gasteiger partial charge in [0.05, 0.1) is 11.5 Å². The first kappa shape index (κ1) is 20.1. The van der Waals surface area contributed by atoms with E-state index in [1.807, 2.05) is 13.0 Å². The van der Waals surface area contributed by atoms with Crippen LogP contribution in [0, 0.1) is 17.0 Å². The Hall–Kier alpha value is -3.66. The molecule has 2 heterocycles. The predicted molar refractivity (Wildman–Crippen MR) is 109 cm³/mol. The first-order valence-electron chi connectivity index (χ1n) is 8.52. The van der Waals surface area contributed by atoms with Crippen molar-refractivity contribution in [1.82, 2.24) is 14.9 Å². The van der Waals surface area contributed by atoms with Crippen molar-refractivity contribution in [3.63, 3.8) is 0 Å². The lowest BCUT2D eigenvalue weighted by atomic mass is 10.2. The molecule has 0 aliphatic rings. The number of hydrogen-bond acceptors (Lipinski definition) is 7. The molecule has 0 aliphatic carbocycles. The van der Waals surface area contributed by atoms with E-state index >= 15 is 0 Å². The van der Waals surface area contributed by atoms with Crippen LogP contribution in [0.15, 0.2) is 48.0 Å². The van der Waals surface area contributed by atoms with E-state index in [2.05, 4.69) is 15.3 Å². The number of pyridine rings is 1. The van der Waals surface area contributed by atoms with E-state index in [1.54, 1.807) is 29.8 Å². The molecule has 3 aromatic rings. The number of carbonyl (C=O) groups is 2. The van der Waals surface area contributed by atoms with Gasteiger partial charge >= 0.3 is 0 Å². The average molecular weight is 411 g/mol. The van der Waals surface area contributed by atoms with E-state index in [0.717, 1.165) is 5.56 Å². The number of likely N-dealkylation sites (N-methyl/N-ethyl adjacent to an activating group) is 1. The molecular formula is C19H17N5O4S. The number of carbonyl (C=O) groups excluding carboxylic acids is 2. The zero-order chi connectivity index (χ0) is 21.0. The maximum absolute atomic E-state index is 12.6. The molecule has 0 radical (unpaired) electrons. The molecule has 0 fully saturated rings. The molecule has 2 amide bonds. The third kappa shape index (κ3) is 4.99. The molecule has 0 bridgehead atoms. The topological polar surface area (TPSA) is 118 Å². The number of rotatable bonds is 6. The van der Waals surface area contributed by atoms with Gasteiger partial charge in [0.25, 0.3) is 11.6 Å². The summed E-state index contributed by atoms with van der Waals surface area (Å²) in [4.78, 5) is 44.7. The number of thiazole rings is 1. The Labute approximate surface area is 170 Å². The molecule has 148 valence electrons. The summed E-state index contributed by atoms with van der Waals surface area (Å²) < 4.78 is 0. The summed E-state index contributed by atoms with van der Waals surface area (Å²) in [5.41, 5.74) is 1.64. The monoisotopic (exact) mass is 411 g/mol. The maximum atomic E-state index is 12.6. The van der Waals surface area contributed by atoms with Gasteiger partial charge in [-0.15, -0.1) is 11.3 Å². The summed E-state index contributed by atoms with van der Waals surface area (Å²) in [5, 5.41) is 15.6. The molecule has 3 rings (SSSR count). The van der Waals surface area contributed by atoms with E-state index in [4.69, 9.17) is 0 Å². The van der Waals surface area contributed by atoms with Crippen molar-refractivity contribution < 1.29 is 14.5 Å². The van der Waals surface area contributed by atoms with Gasteiger partial charge in [-0.2, -0.15) is 0 Å². The van der Waals surface area contributed by atoms with E-state index in [1.165, 1.54) is 35.4 Å². The summed E-state index contributed by atoms with van der Waals surface area (Å²) in [5.74, 6) is -0.403. The van der Waals surface area contributed by atoms with Crippen LogP contribution >= 0.6 is 11.3 Å². The van der Waals surface area contributed by atoms with Crippen molar-refractivity contribution in [3.8, 4) is 10.6 Å². The Balaban J connectivity index is 1.66. The molecule has 0 saturated carbocycles. The minimum Gasteiger partial charge on any atom is -0.331 e. The van der Waals surface area contributed by atoms with Crippen LogP contribution in [0.1, 0.15) is 16.1 Å². The minimum atomic E-state index is -0.488. The number of non-ortho nitro benzene ring substituents is 1. The number of anilines is 1. The molecular weight excluding hydrogens is 394 g/mol. The minimum absolute atomic E-state index is 0.0518. The van der Waals surface area contributed by atoms with Gasteiger partial charge in [-0.1, -0.05) is 18.2 Å². The van der Waals surface area contributed by atoms with Crippen molar-refractivity contribution in [2.24, 2.45) is 0 Å². The van der Waals surface area contributed by atoms with E-state index in [9.17, 15) is 19.7 Å². The zero-order valence-electron chi connectivity index (χ0n) is 15.7.